The molecule has 2 fully saturated rings. The summed E-state index contributed by atoms with van der Waals surface area (Å²) in [5, 5.41) is 0. The number of morpholine rings is 1. The zero-order valence-electron chi connectivity index (χ0n) is 17.8. The Morgan fingerprint density at radius 2 is 2.00 bits per heavy atom. The van der Waals surface area contributed by atoms with Crippen molar-refractivity contribution in [2.75, 3.05) is 44.9 Å². The summed E-state index contributed by atoms with van der Waals surface area (Å²) in [6, 6.07) is 5.29. The number of amides is 2. The summed E-state index contributed by atoms with van der Waals surface area (Å²) >= 11 is 0. The van der Waals surface area contributed by atoms with Crippen molar-refractivity contribution in [2.45, 2.75) is 25.8 Å². The van der Waals surface area contributed by atoms with Crippen LogP contribution in [0.15, 0.2) is 24.4 Å². The number of carbonyl (C=O) groups is 2. The van der Waals surface area contributed by atoms with Crippen LogP contribution in [-0.4, -0.2) is 66.6 Å². The van der Waals surface area contributed by atoms with Gasteiger partial charge in [0, 0.05) is 31.4 Å². The van der Waals surface area contributed by atoms with Gasteiger partial charge in [0.25, 0.3) is 11.8 Å². The first-order valence-electron chi connectivity index (χ1n) is 10.4. The van der Waals surface area contributed by atoms with Crippen LogP contribution in [0.1, 0.15) is 51.1 Å². The number of hydrogen-bond donors (Lipinski definition) is 1. The lowest BCUT2D eigenvalue weighted by molar-refractivity contribution is 0.0729. The number of likely N-dealkylation sites (tertiary alicyclic amines) is 1. The van der Waals surface area contributed by atoms with E-state index in [2.05, 4.69) is 14.9 Å². The minimum atomic E-state index is -0.558. The molecule has 2 amide bonds. The van der Waals surface area contributed by atoms with Crippen molar-refractivity contribution < 1.29 is 19.1 Å². The topological polar surface area (TPSA) is 111 Å². The van der Waals surface area contributed by atoms with E-state index in [1.54, 1.807) is 20.1 Å². The van der Waals surface area contributed by atoms with Gasteiger partial charge in [-0.2, -0.15) is 0 Å². The number of methoxy groups -OCH3 is 1. The average Bonchev–Trinajstić information content (AvgIpc) is 3.28. The van der Waals surface area contributed by atoms with E-state index in [4.69, 9.17) is 15.2 Å². The zero-order valence-corrected chi connectivity index (χ0v) is 17.8. The molecule has 2 saturated heterocycles. The standard InChI is InChI=1S/C22H27N5O4/c1-14-16(20(23)28)13-24-21(25-14)17-4-3-7-27(17)22(29)15-5-6-19(30-2)18(12-15)26-8-10-31-11-9-26/h5-6,12-13,17H,3-4,7-11H2,1-2H3,(H2,23,28). The molecule has 2 N–H and O–H groups in total. The van der Waals surface area contributed by atoms with Crippen molar-refractivity contribution >= 4 is 17.5 Å². The maximum atomic E-state index is 13.4. The summed E-state index contributed by atoms with van der Waals surface area (Å²) in [6.07, 6.45) is 3.08. The summed E-state index contributed by atoms with van der Waals surface area (Å²) in [6.45, 7) is 5.15. The molecule has 9 heteroatoms. The van der Waals surface area contributed by atoms with E-state index in [-0.39, 0.29) is 11.9 Å². The molecule has 0 bridgehead atoms. The van der Waals surface area contributed by atoms with Gasteiger partial charge < -0.3 is 25.0 Å². The van der Waals surface area contributed by atoms with Crippen LogP contribution in [0.3, 0.4) is 0 Å². The Kier molecular flexibility index (Phi) is 6.03. The van der Waals surface area contributed by atoms with E-state index in [1.807, 2.05) is 17.0 Å². The van der Waals surface area contributed by atoms with E-state index in [0.29, 0.717) is 42.4 Å². The van der Waals surface area contributed by atoms with E-state index >= 15 is 0 Å². The molecule has 4 rings (SSSR count). The Morgan fingerprint density at radius 1 is 1.23 bits per heavy atom. The van der Waals surface area contributed by atoms with Crippen molar-refractivity contribution in [3.63, 3.8) is 0 Å². The largest absolute Gasteiger partial charge is 0.495 e. The number of carbonyl (C=O) groups excluding carboxylic acids is 2. The lowest BCUT2D eigenvalue weighted by Gasteiger charge is -2.31. The Labute approximate surface area is 181 Å². The number of aromatic nitrogens is 2. The molecular weight excluding hydrogens is 398 g/mol. The highest BCUT2D eigenvalue weighted by atomic mass is 16.5. The molecule has 0 saturated carbocycles. The Bertz CT molecular complexity index is 990. The second-order valence-corrected chi connectivity index (χ2v) is 7.73. The third kappa shape index (κ3) is 4.18. The van der Waals surface area contributed by atoms with Crippen molar-refractivity contribution in [3.8, 4) is 5.75 Å². The van der Waals surface area contributed by atoms with Gasteiger partial charge in [-0.05, 0) is 38.0 Å². The van der Waals surface area contributed by atoms with Gasteiger partial charge in [-0.1, -0.05) is 0 Å². The molecule has 1 atom stereocenters. The fourth-order valence-electron chi connectivity index (χ4n) is 4.21. The van der Waals surface area contributed by atoms with Crippen LogP contribution in [0.5, 0.6) is 5.75 Å². The molecule has 2 aliphatic rings. The van der Waals surface area contributed by atoms with Crippen molar-refractivity contribution in [1.82, 2.24) is 14.9 Å². The fraction of sp³-hybridized carbons (Fsp3) is 0.455. The van der Waals surface area contributed by atoms with Gasteiger partial charge in [0.1, 0.15) is 5.75 Å². The summed E-state index contributed by atoms with van der Waals surface area (Å²) in [7, 11) is 1.63. The van der Waals surface area contributed by atoms with Gasteiger partial charge in [-0.25, -0.2) is 9.97 Å². The molecule has 1 unspecified atom stereocenters. The number of nitrogens with zero attached hydrogens (tertiary/aromatic N) is 4. The number of anilines is 1. The first kappa shape index (κ1) is 21.0. The predicted octanol–water partition coefficient (Wildman–Crippen LogP) is 1.71. The molecule has 1 aromatic carbocycles. The number of nitrogens with two attached hydrogens (primary N) is 1. The number of primary amides is 1. The van der Waals surface area contributed by atoms with Crippen molar-refractivity contribution in [2.24, 2.45) is 5.73 Å². The van der Waals surface area contributed by atoms with Gasteiger partial charge in [-0.15, -0.1) is 0 Å². The average molecular weight is 425 g/mol. The first-order valence-corrected chi connectivity index (χ1v) is 10.4. The van der Waals surface area contributed by atoms with Crippen LogP contribution in [0.4, 0.5) is 5.69 Å². The zero-order chi connectivity index (χ0) is 22.0. The van der Waals surface area contributed by atoms with Crippen LogP contribution in [0, 0.1) is 6.92 Å². The number of ether oxygens (including phenoxy) is 2. The molecule has 2 aromatic rings. The Morgan fingerprint density at radius 3 is 2.68 bits per heavy atom. The molecule has 31 heavy (non-hydrogen) atoms. The van der Waals surface area contributed by atoms with Crippen molar-refractivity contribution in [1.29, 1.82) is 0 Å². The smallest absolute Gasteiger partial charge is 0.254 e. The maximum absolute atomic E-state index is 13.4. The summed E-state index contributed by atoms with van der Waals surface area (Å²) < 4.78 is 11.0. The molecule has 0 spiro atoms. The predicted molar refractivity (Wildman–Crippen MR) is 114 cm³/mol. The second kappa shape index (κ2) is 8.89. The minimum Gasteiger partial charge on any atom is -0.495 e. The summed E-state index contributed by atoms with van der Waals surface area (Å²) in [5.41, 5.74) is 7.67. The Hall–Kier alpha value is -3.20. The second-order valence-electron chi connectivity index (χ2n) is 7.73. The number of aryl methyl sites for hydroxylation is 1. The molecular formula is C22H27N5O4. The molecule has 0 radical (unpaired) electrons. The van der Waals surface area contributed by atoms with Crippen LogP contribution in [0.25, 0.3) is 0 Å². The van der Waals surface area contributed by atoms with Gasteiger partial charge in [0.05, 0.1) is 43.3 Å². The van der Waals surface area contributed by atoms with E-state index in [1.165, 1.54) is 6.20 Å². The van der Waals surface area contributed by atoms with Crippen LogP contribution in [0.2, 0.25) is 0 Å². The molecule has 9 nitrogen and oxygen atoms in total. The number of rotatable bonds is 5. The molecule has 1 aromatic heterocycles. The van der Waals surface area contributed by atoms with E-state index < -0.39 is 5.91 Å². The van der Waals surface area contributed by atoms with Crippen molar-refractivity contribution in [3.05, 3.63) is 47.0 Å². The minimum absolute atomic E-state index is 0.0695. The van der Waals surface area contributed by atoms with Gasteiger partial charge >= 0.3 is 0 Å². The lowest BCUT2D eigenvalue weighted by Crippen LogP contribution is -2.37. The number of hydrogen-bond acceptors (Lipinski definition) is 7. The SMILES string of the molecule is COc1ccc(C(=O)N2CCCC2c2ncc(C(N)=O)c(C)n2)cc1N1CCOCC1. The monoisotopic (exact) mass is 425 g/mol. The summed E-state index contributed by atoms with van der Waals surface area (Å²) in [5.74, 6) is 0.643. The van der Waals surface area contributed by atoms with Gasteiger partial charge in [0.2, 0.25) is 0 Å². The molecule has 2 aliphatic heterocycles. The highest BCUT2D eigenvalue weighted by Crippen LogP contribution is 2.34. The third-order valence-corrected chi connectivity index (χ3v) is 5.85. The highest BCUT2D eigenvalue weighted by Gasteiger charge is 2.33. The van der Waals surface area contributed by atoms with E-state index in [9.17, 15) is 9.59 Å². The van der Waals surface area contributed by atoms with E-state index in [0.717, 1.165) is 37.4 Å². The van der Waals surface area contributed by atoms with Gasteiger partial charge in [-0.3, -0.25) is 9.59 Å². The van der Waals surface area contributed by atoms with Gasteiger partial charge in [0.15, 0.2) is 5.82 Å². The number of benzene rings is 1. The fourth-order valence-corrected chi connectivity index (χ4v) is 4.21. The van der Waals surface area contributed by atoms with Crippen LogP contribution < -0.4 is 15.4 Å². The highest BCUT2D eigenvalue weighted by molar-refractivity contribution is 5.96. The summed E-state index contributed by atoms with van der Waals surface area (Å²) in [4.78, 5) is 37.7. The Balaban J connectivity index is 1.61. The normalized spacial score (nSPS) is 18.8. The van der Waals surface area contributed by atoms with Crippen LogP contribution >= 0.6 is 0 Å². The van der Waals surface area contributed by atoms with Crippen LogP contribution in [-0.2, 0) is 4.74 Å². The molecule has 3 heterocycles. The first-order chi connectivity index (χ1) is 15.0. The third-order valence-electron chi connectivity index (χ3n) is 5.85. The molecule has 164 valence electrons. The quantitative estimate of drug-likeness (QED) is 0.776. The molecule has 0 aliphatic carbocycles. The maximum Gasteiger partial charge on any atom is 0.254 e. The lowest BCUT2D eigenvalue weighted by atomic mass is 10.1.